The summed E-state index contributed by atoms with van der Waals surface area (Å²) in [6.07, 6.45) is 6.00. The Labute approximate surface area is 471 Å². The molecule has 16 nitrogen and oxygen atoms in total. The number of aryl methyl sites for hydroxylation is 2. The van der Waals surface area contributed by atoms with E-state index in [0.29, 0.717) is 11.1 Å². The zero-order valence-electron chi connectivity index (χ0n) is 48.4. The van der Waals surface area contributed by atoms with Gasteiger partial charge < -0.3 is 42.1 Å². The Hall–Kier alpha value is -6.78. The van der Waals surface area contributed by atoms with Gasteiger partial charge in [-0.2, -0.15) is 0 Å². The van der Waals surface area contributed by atoms with Crippen LogP contribution in [0.1, 0.15) is 162 Å². The molecule has 4 aromatic rings. The van der Waals surface area contributed by atoms with E-state index in [2.05, 4.69) is 49.4 Å². The first kappa shape index (κ1) is 59.3. The van der Waals surface area contributed by atoms with Crippen LogP contribution in [0.5, 0.6) is 0 Å². The van der Waals surface area contributed by atoms with Crippen molar-refractivity contribution in [3.05, 3.63) is 118 Å². The van der Waals surface area contributed by atoms with E-state index in [4.69, 9.17) is 0 Å². The van der Waals surface area contributed by atoms with Gasteiger partial charge >= 0.3 is 0 Å². The zero-order valence-corrected chi connectivity index (χ0v) is 48.4. The van der Waals surface area contributed by atoms with Gasteiger partial charge in [0.25, 0.3) is 5.91 Å². The van der Waals surface area contributed by atoms with Crippen LogP contribution in [0.25, 0.3) is 10.8 Å². The summed E-state index contributed by atoms with van der Waals surface area (Å²) in [5.74, 6) is -4.23. The van der Waals surface area contributed by atoms with Crippen molar-refractivity contribution in [3.8, 4) is 0 Å². The molecule has 1 heterocycles. The maximum atomic E-state index is 14.8. The second-order valence-corrected chi connectivity index (χ2v) is 25.2. The molecule has 6 amide bonds. The molecule has 3 aliphatic carbocycles. The first-order valence-electron chi connectivity index (χ1n) is 28.9. The van der Waals surface area contributed by atoms with Crippen LogP contribution in [0, 0.1) is 28.6 Å². The fourth-order valence-electron chi connectivity index (χ4n) is 12.4. The SMILES string of the molecule is CN[C@@H](C)C(=O)N[C@H](C(=O)C1C[C@@H](NC(=O)c2ccc3cc(C(=O)C[C@H]4C[C@@H](C(=O)N[C@@H]5CCCc6ccccc65)N(C(=O)[C@@H](NC(=O)[C@H](C)NC)C(C)(C)C)C4)ccc3c2)C[C@H]1C(=O)N[C@@H]1CCCc2ccccc21)C(C)(C)C. The Bertz CT molecular complexity index is 2800. The maximum absolute atomic E-state index is 14.8. The number of rotatable bonds is 18. The molecule has 2 fully saturated rings. The molecule has 16 heteroatoms. The molecule has 1 aliphatic heterocycles. The summed E-state index contributed by atoms with van der Waals surface area (Å²) < 4.78 is 0. The van der Waals surface area contributed by atoms with Crippen LogP contribution in [-0.2, 0) is 41.6 Å². The summed E-state index contributed by atoms with van der Waals surface area (Å²) in [7, 11) is 3.35. The number of amides is 6. The summed E-state index contributed by atoms with van der Waals surface area (Å²) in [5.41, 5.74) is 3.97. The largest absolute Gasteiger partial charge is 0.349 e. The first-order valence-corrected chi connectivity index (χ1v) is 28.9. The molecule has 11 atom stereocenters. The molecule has 1 unspecified atom stereocenters. The molecule has 4 aromatic carbocycles. The molecule has 4 aliphatic rings. The van der Waals surface area contributed by atoms with Crippen molar-refractivity contribution in [1.82, 2.24) is 42.1 Å². The summed E-state index contributed by atoms with van der Waals surface area (Å²) in [6.45, 7) is 14.9. The van der Waals surface area contributed by atoms with Crippen LogP contribution in [0.15, 0.2) is 84.9 Å². The standard InChI is InChI=1S/C64H84N8O8/c1-36(65-9)57(75)70-55(63(3,4)5)54(74)48-33-45(34-49(48)60(78)68-50-23-15-19-39-17-11-13-21-46(39)50)67-59(77)44-28-26-41-31-43(27-25-42(41)32-44)53(73)30-38-29-52(61(79)69-51-24-16-20-40-18-12-14-22-47(40)51)72(35-38)62(80)56(64(6,7)8)71-58(76)37(2)66-10/h11-14,17-18,21-22,25-28,31-32,36-38,45,48-52,55-56,65-66H,15-16,19-20,23-24,29-30,33-35H2,1-10H3,(H,67,77)(H,68,78)(H,69,79)(H,70,75)(H,71,76)/t36-,37-,38+,45+,48?,49+,50+,51+,52-,55+,56+/m0/s1. The van der Waals surface area contributed by atoms with Crippen LogP contribution >= 0.6 is 0 Å². The topological polar surface area (TPSA) is 224 Å². The fraction of sp³-hybridized carbons (Fsp3) is 0.531. The van der Waals surface area contributed by atoms with Crippen molar-refractivity contribution >= 4 is 57.8 Å². The van der Waals surface area contributed by atoms with Gasteiger partial charge in [0.05, 0.1) is 30.2 Å². The van der Waals surface area contributed by atoms with Crippen molar-refractivity contribution in [2.24, 2.45) is 28.6 Å². The Kier molecular flexibility index (Phi) is 18.5. The molecular formula is C64H84N8O8. The van der Waals surface area contributed by atoms with Crippen LogP contribution in [0.3, 0.4) is 0 Å². The lowest BCUT2D eigenvalue weighted by molar-refractivity contribution is -0.144. The normalized spacial score (nSPS) is 23.3. The van der Waals surface area contributed by atoms with Crippen LogP contribution in [0.2, 0.25) is 0 Å². The minimum atomic E-state index is -0.939. The number of carbonyl (C=O) groups excluding carboxylic acids is 8. The van der Waals surface area contributed by atoms with Gasteiger partial charge in [0.15, 0.2) is 11.6 Å². The molecule has 80 heavy (non-hydrogen) atoms. The maximum Gasteiger partial charge on any atom is 0.251 e. The molecular weight excluding hydrogens is 1010 g/mol. The summed E-state index contributed by atoms with van der Waals surface area (Å²) >= 11 is 0. The molecule has 0 radical (unpaired) electrons. The molecule has 7 N–H and O–H groups in total. The van der Waals surface area contributed by atoms with Gasteiger partial charge in [0.1, 0.15) is 12.1 Å². The van der Waals surface area contributed by atoms with E-state index in [1.165, 1.54) is 11.1 Å². The molecule has 1 saturated carbocycles. The van der Waals surface area contributed by atoms with Crippen molar-refractivity contribution < 1.29 is 38.4 Å². The van der Waals surface area contributed by atoms with Gasteiger partial charge in [-0.05, 0) is 154 Å². The highest BCUT2D eigenvalue weighted by molar-refractivity contribution is 6.03. The predicted octanol–water partition coefficient (Wildman–Crippen LogP) is 6.99. The lowest BCUT2D eigenvalue weighted by atomic mass is 9.77. The number of ketones is 2. The number of carbonyl (C=O) groups is 8. The number of hydrogen-bond acceptors (Lipinski definition) is 10. The molecule has 0 spiro atoms. The van der Waals surface area contributed by atoms with Gasteiger partial charge in [-0.1, -0.05) is 108 Å². The Balaban J connectivity index is 0.976. The second kappa shape index (κ2) is 24.9. The summed E-state index contributed by atoms with van der Waals surface area (Å²) in [5, 5.41) is 22.9. The third-order valence-electron chi connectivity index (χ3n) is 17.3. The minimum absolute atomic E-state index is 0.0743. The molecule has 1 saturated heterocycles. The monoisotopic (exact) mass is 1090 g/mol. The van der Waals surface area contributed by atoms with Crippen molar-refractivity contribution in [2.75, 3.05) is 20.6 Å². The van der Waals surface area contributed by atoms with E-state index < -0.39 is 58.9 Å². The van der Waals surface area contributed by atoms with Gasteiger partial charge in [0, 0.05) is 42.0 Å². The highest BCUT2D eigenvalue weighted by atomic mass is 16.2. The van der Waals surface area contributed by atoms with Gasteiger partial charge in [0.2, 0.25) is 29.5 Å². The minimum Gasteiger partial charge on any atom is -0.349 e. The molecule has 0 bridgehead atoms. The smallest absolute Gasteiger partial charge is 0.251 e. The van der Waals surface area contributed by atoms with Crippen LogP contribution in [0.4, 0.5) is 0 Å². The Morgan fingerprint density at radius 1 is 0.588 bits per heavy atom. The highest BCUT2D eigenvalue weighted by Gasteiger charge is 2.49. The van der Waals surface area contributed by atoms with E-state index >= 15 is 0 Å². The predicted molar refractivity (Wildman–Crippen MR) is 309 cm³/mol. The molecule has 8 rings (SSSR count). The third-order valence-corrected chi connectivity index (χ3v) is 17.3. The highest BCUT2D eigenvalue weighted by Crippen LogP contribution is 2.39. The number of likely N-dealkylation sites (tertiary alicyclic amines) is 1. The number of nitrogens with zero attached hydrogens (tertiary/aromatic N) is 1. The average Bonchev–Trinajstić information content (AvgIpc) is 4.11. The van der Waals surface area contributed by atoms with Crippen LogP contribution in [-0.4, -0.2) is 109 Å². The van der Waals surface area contributed by atoms with Crippen molar-refractivity contribution in [2.45, 2.75) is 168 Å². The van der Waals surface area contributed by atoms with E-state index in [1.807, 2.05) is 77.9 Å². The number of Topliss-reactive ketones (excluding diaryl/α,β-unsaturated/α-hetero) is 2. The first-order chi connectivity index (χ1) is 37.9. The number of benzene rings is 4. The third kappa shape index (κ3) is 13.5. The van der Waals surface area contributed by atoms with E-state index in [9.17, 15) is 38.4 Å². The summed E-state index contributed by atoms with van der Waals surface area (Å²) in [6, 6.07) is 22.0. The molecule has 0 aromatic heterocycles. The second-order valence-electron chi connectivity index (χ2n) is 25.2. The van der Waals surface area contributed by atoms with Gasteiger partial charge in [-0.3, -0.25) is 38.4 Å². The van der Waals surface area contributed by atoms with Gasteiger partial charge in [-0.15, -0.1) is 0 Å². The number of hydrogen-bond donors (Lipinski definition) is 7. The van der Waals surface area contributed by atoms with Crippen molar-refractivity contribution in [3.63, 3.8) is 0 Å². The van der Waals surface area contributed by atoms with Crippen LogP contribution < -0.4 is 37.2 Å². The van der Waals surface area contributed by atoms with Gasteiger partial charge in [-0.25, -0.2) is 0 Å². The number of nitrogens with one attached hydrogen (secondary N) is 7. The summed E-state index contributed by atoms with van der Waals surface area (Å²) in [4.78, 5) is 115. The Morgan fingerprint density at radius 2 is 1.09 bits per heavy atom. The average molecular weight is 1090 g/mol. The van der Waals surface area contributed by atoms with Crippen molar-refractivity contribution in [1.29, 1.82) is 0 Å². The zero-order chi connectivity index (χ0) is 57.8. The Morgan fingerprint density at radius 3 is 1.64 bits per heavy atom. The van der Waals surface area contributed by atoms with E-state index in [1.54, 1.807) is 69.2 Å². The quantitative estimate of drug-likeness (QED) is 0.0506. The molecule has 428 valence electrons. The number of likely N-dealkylation sites (N-methyl/N-ethyl adjacent to an activating group) is 2. The van der Waals surface area contributed by atoms with E-state index in [0.717, 1.165) is 60.4 Å². The number of fused-ring (bicyclic) bond motifs is 3. The lowest BCUT2D eigenvalue weighted by Gasteiger charge is -2.36. The fourth-order valence-corrected chi connectivity index (χ4v) is 12.4. The van der Waals surface area contributed by atoms with E-state index in [-0.39, 0.29) is 97.2 Å². The lowest BCUT2D eigenvalue weighted by Crippen LogP contribution is -2.59.